The summed E-state index contributed by atoms with van der Waals surface area (Å²) < 4.78 is 13.2. The largest absolute Gasteiger partial charge is 0.342 e. The van der Waals surface area contributed by atoms with Crippen LogP contribution in [0.5, 0.6) is 0 Å². The molecule has 0 unspecified atom stereocenters. The lowest BCUT2D eigenvalue weighted by Crippen LogP contribution is -2.29. The second-order valence-electron chi connectivity index (χ2n) is 4.98. The van der Waals surface area contributed by atoms with E-state index in [1.807, 2.05) is 30.3 Å². The minimum atomic E-state index is -0.811. The number of hydrogen-bond acceptors (Lipinski definition) is 2. The predicted octanol–water partition coefficient (Wildman–Crippen LogP) is 6.09. The molecule has 1 heterocycles. The Labute approximate surface area is 156 Å². The summed E-state index contributed by atoms with van der Waals surface area (Å²) in [5.41, 5.74) is 1.84. The average molecular weight is 467 g/mol. The van der Waals surface area contributed by atoms with Crippen molar-refractivity contribution < 1.29 is 9.47 Å². The van der Waals surface area contributed by atoms with Crippen molar-refractivity contribution in [2.45, 2.75) is 11.9 Å². The molecule has 0 radical (unpaired) electrons. The van der Waals surface area contributed by atoms with E-state index in [1.54, 1.807) is 12.1 Å². The van der Waals surface area contributed by atoms with E-state index in [-0.39, 0.29) is 6.10 Å². The maximum absolute atomic E-state index is 6.27. The molecular formula is C16H12Br2Cl2O2. The first kappa shape index (κ1) is 16.7. The minimum absolute atomic E-state index is 0.231. The number of halogens is 4. The van der Waals surface area contributed by atoms with Crippen LogP contribution in [0.3, 0.4) is 0 Å². The van der Waals surface area contributed by atoms with Crippen molar-refractivity contribution in [3.63, 3.8) is 0 Å². The summed E-state index contributed by atoms with van der Waals surface area (Å²) in [6, 6.07) is 13.3. The Morgan fingerprint density at radius 3 is 2.50 bits per heavy atom. The summed E-state index contributed by atoms with van der Waals surface area (Å²) in [7, 11) is 0. The summed E-state index contributed by atoms with van der Waals surface area (Å²) >= 11 is 19.2. The van der Waals surface area contributed by atoms with Gasteiger partial charge in [-0.2, -0.15) is 0 Å². The standard InChI is InChI=1S/C16H12Br2Cl2O2/c17-9-16(10-1-3-11(18)4-2-10)21-8-15(22-16)13-6-5-12(19)7-14(13)20/h1-7,15H,8-9H2/t15-,16-/m0/s1. The van der Waals surface area contributed by atoms with Crippen molar-refractivity contribution in [1.82, 2.24) is 0 Å². The summed E-state index contributed by atoms with van der Waals surface area (Å²) in [6.07, 6.45) is -0.231. The number of hydrogen-bond donors (Lipinski definition) is 0. The lowest BCUT2D eigenvalue weighted by Gasteiger charge is -2.26. The first-order valence-electron chi connectivity index (χ1n) is 6.63. The number of benzene rings is 2. The van der Waals surface area contributed by atoms with Crippen LogP contribution in [0.1, 0.15) is 17.2 Å². The second-order valence-corrected chi connectivity index (χ2v) is 7.30. The Kier molecular flexibility index (Phi) is 5.17. The molecular weight excluding hydrogens is 455 g/mol. The summed E-state index contributed by atoms with van der Waals surface area (Å²) in [6.45, 7) is 0.434. The SMILES string of the molecule is Clc1ccc([C@@H]2CO[C@](CBr)(c3ccc(Br)cc3)O2)c(Cl)c1. The molecule has 0 bridgehead atoms. The first-order chi connectivity index (χ1) is 10.5. The minimum Gasteiger partial charge on any atom is -0.342 e. The lowest BCUT2D eigenvalue weighted by molar-refractivity contribution is -0.157. The van der Waals surface area contributed by atoms with Crippen LogP contribution in [0.4, 0.5) is 0 Å². The molecule has 2 nitrogen and oxygen atoms in total. The molecule has 1 fully saturated rings. The third-order valence-corrected chi connectivity index (χ3v) is 5.40. The van der Waals surface area contributed by atoms with Crippen molar-refractivity contribution in [2.24, 2.45) is 0 Å². The highest BCUT2D eigenvalue weighted by molar-refractivity contribution is 9.10. The van der Waals surface area contributed by atoms with Crippen LogP contribution in [-0.4, -0.2) is 11.9 Å². The third kappa shape index (κ3) is 3.23. The van der Waals surface area contributed by atoms with Gasteiger partial charge in [0.2, 0.25) is 5.79 Å². The van der Waals surface area contributed by atoms with Crippen LogP contribution in [0.25, 0.3) is 0 Å². The monoisotopic (exact) mass is 464 g/mol. The maximum atomic E-state index is 6.27. The molecule has 6 heteroatoms. The van der Waals surface area contributed by atoms with Crippen LogP contribution in [0.2, 0.25) is 10.0 Å². The van der Waals surface area contributed by atoms with Crippen LogP contribution >= 0.6 is 55.1 Å². The molecule has 0 N–H and O–H groups in total. The fourth-order valence-electron chi connectivity index (χ4n) is 2.43. The van der Waals surface area contributed by atoms with Gasteiger partial charge in [0.15, 0.2) is 0 Å². The van der Waals surface area contributed by atoms with E-state index < -0.39 is 5.79 Å². The van der Waals surface area contributed by atoms with E-state index in [9.17, 15) is 0 Å². The second kappa shape index (κ2) is 6.80. The van der Waals surface area contributed by atoms with Gasteiger partial charge in [-0.05, 0) is 24.3 Å². The lowest BCUT2D eigenvalue weighted by atomic mass is 10.1. The highest BCUT2D eigenvalue weighted by Crippen LogP contribution is 2.43. The van der Waals surface area contributed by atoms with Crippen molar-refractivity contribution in [3.8, 4) is 0 Å². The average Bonchev–Trinajstić information content (AvgIpc) is 2.93. The highest BCUT2D eigenvalue weighted by Gasteiger charge is 2.43. The van der Waals surface area contributed by atoms with E-state index in [4.69, 9.17) is 32.7 Å². The van der Waals surface area contributed by atoms with E-state index in [0.29, 0.717) is 22.0 Å². The zero-order valence-corrected chi connectivity index (χ0v) is 16.0. The fraction of sp³-hybridized carbons (Fsp3) is 0.250. The van der Waals surface area contributed by atoms with Crippen molar-refractivity contribution in [3.05, 3.63) is 68.1 Å². The molecule has 1 saturated heterocycles. The van der Waals surface area contributed by atoms with Gasteiger partial charge in [-0.1, -0.05) is 73.3 Å². The van der Waals surface area contributed by atoms with Gasteiger partial charge in [-0.3, -0.25) is 0 Å². The molecule has 0 aliphatic carbocycles. The zero-order valence-electron chi connectivity index (χ0n) is 11.4. The summed E-state index contributed by atoms with van der Waals surface area (Å²) in [4.78, 5) is 0. The fourth-order valence-corrected chi connectivity index (χ4v) is 3.84. The number of alkyl halides is 1. The van der Waals surface area contributed by atoms with E-state index in [0.717, 1.165) is 15.6 Å². The third-order valence-electron chi connectivity index (χ3n) is 3.57. The van der Waals surface area contributed by atoms with Gasteiger partial charge in [-0.25, -0.2) is 0 Å². The molecule has 1 aliphatic rings. The molecule has 0 aromatic heterocycles. The predicted molar refractivity (Wildman–Crippen MR) is 95.9 cm³/mol. The Balaban J connectivity index is 1.89. The Hall–Kier alpha value is -0.100. The smallest absolute Gasteiger partial charge is 0.205 e. The van der Waals surface area contributed by atoms with Gasteiger partial charge in [0.1, 0.15) is 6.10 Å². The van der Waals surface area contributed by atoms with Gasteiger partial charge in [0.25, 0.3) is 0 Å². The number of ether oxygens (including phenoxy) is 2. The molecule has 0 spiro atoms. The van der Waals surface area contributed by atoms with Crippen molar-refractivity contribution >= 4 is 55.1 Å². The molecule has 2 atom stereocenters. The quantitative estimate of drug-likeness (QED) is 0.509. The van der Waals surface area contributed by atoms with Crippen LogP contribution in [0.15, 0.2) is 46.9 Å². The maximum Gasteiger partial charge on any atom is 0.205 e. The molecule has 116 valence electrons. The summed E-state index contributed by atoms with van der Waals surface area (Å²) in [5, 5.41) is 1.72. The van der Waals surface area contributed by atoms with Gasteiger partial charge < -0.3 is 9.47 Å². The van der Waals surface area contributed by atoms with E-state index in [2.05, 4.69) is 31.9 Å². The van der Waals surface area contributed by atoms with E-state index >= 15 is 0 Å². The first-order valence-corrected chi connectivity index (χ1v) is 9.30. The molecule has 0 saturated carbocycles. The topological polar surface area (TPSA) is 18.5 Å². The van der Waals surface area contributed by atoms with E-state index in [1.165, 1.54) is 0 Å². The van der Waals surface area contributed by atoms with Crippen LogP contribution in [0, 0.1) is 0 Å². The van der Waals surface area contributed by atoms with Gasteiger partial charge in [0, 0.05) is 25.6 Å². The van der Waals surface area contributed by atoms with Crippen LogP contribution < -0.4 is 0 Å². The highest BCUT2D eigenvalue weighted by atomic mass is 79.9. The zero-order chi connectivity index (χ0) is 15.7. The molecule has 22 heavy (non-hydrogen) atoms. The molecule has 1 aliphatic heterocycles. The van der Waals surface area contributed by atoms with Crippen LogP contribution in [-0.2, 0) is 15.3 Å². The Bertz CT molecular complexity index is 678. The van der Waals surface area contributed by atoms with Crippen molar-refractivity contribution in [1.29, 1.82) is 0 Å². The Morgan fingerprint density at radius 2 is 1.86 bits per heavy atom. The summed E-state index contributed by atoms with van der Waals surface area (Å²) in [5.74, 6) is -0.811. The number of rotatable bonds is 3. The normalized spacial score (nSPS) is 24.6. The van der Waals surface area contributed by atoms with Gasteiger partial charge in [0.05, 0.1) is 11.9 Å². The molecule has 2 aromatic carbocycles. The molecule has 3 rings (SSSR count). The Morgan fingerprint density at radius 1 is 1.14 bits per heavy atom. The molecule has 0 amide bonds. The molecule has 2 aromatic rings. The van der Waals surface area contributed by atoms with Gasteiger partial charge in [-0.15, -0.1) is 0 Å². The van der Waals surface area contributed by atoms with Crippen molar-refractivity contribution in [2.75, 3.05) is 11.9 Å². The van der Waals surface area contributed by atoms with Gasteiger partial charge >= 0.3 is 0 Å².